The molecule has 0 bridgehead atoms. The van der Waals surface area contributed by atoms with Crippen molar-refractivity contribution < 1.29 is 9.59 Å². The third kappa shape index (κ3) is 4.32. The summed E-state index contributed by atoms with van der Waals surface area (Å²) in [5.41, 5.74) is 0. The maximum absolute atomic E-state index is 11.6. The molecule has 0 aliphatic carbocycles. The van der Waals surface area contributed by atoms with Gasteiger partial charge in [0.15, 0.2) is 0 Å². The lowest BCUT2D eigenvalue weighted by Crippen LogP contribution is -2.43. The molecule has 0 saturated carbocycles. The molecule has 1 saturated heterocycles. The number of carbonyl (C=O) groups is 2. The average molecular weight is 212 g/mol. The third-order valence-electron chi connectivity index (χ3n) is 2.66. The van der Waals surface area contributed by atoms with E-state index in [1.165, 1.54) is 0 Å². The smallest absolute Gasteiger partial charge is 0.224 e. The molecule has 1 heterocycles. The Labute approximate surface area is 90.8 Å². The van der Waals surface area contributed by atoms with E-state index < -0.39 is 0 Å². The summed E-state index contributed by atoms with van der Waals surface area (Å²) in [6.45, 7) is 5.49. The van der Waals surface area contributed by atoms with Crippen LogP contribution in [0.1, 0.15) is 33.1 Å². The van der Waals surface area contributed by atoms with E-state index in [2.05, 4.69) is 24.5 Å². The predicted molar refractivity (Wildman–Crippen MR) is 58.2 cm³/mol. The van der Waals surface area contributed by atoms with Gasteiger partial charge in [-0.3, -0.25) is 9.59 Å². The lowest BCUT2D eigenvalue weighted by atomic mass is 9.98. The van der Waals surface area contributed by atoms with Gasteiger partial charge in [0.1, 0.15) is 0 Å². The van der Waals surface area contributed by atoms with Crippen molar-refractivity contribution in [1.29, 1.82) is 0 Å². The molecule has 1 atom stereocenters. The second kappa shape index (κ2) is 5.73. The summed E-state index contributed by atoms with van der Waals surface area (Å²) < 4.78 is 0. The summed E-state index contributed by atoms with van der Waals surface area (Å²) >= 11 is 0. The van der Waals surface area contributed by atoms with Gasteiger partial charge in [-0.2, -0.15) is 0 Å². The van der Waals surface area contributed by atoms with E-state index in [4.69, 9.17) is 0 Å². The lowest BCUT2D eigenvalue weighted by molar-refractivity contribution is -0.128. The molecule has 4 heteroatoms. The normalized spacial score (nSPS) is 21.3. The Morgan fingerprint density at radius 2 is 2.33 bits per heavy atom. The number of piperidine rings is 1. The van der Waals surface area contributed by atoms with Gasteiger partial charge in [0, 0.05) is 19.5 Å². The van der Waals surface area contributed by atoms with Gasteiger partial charge < -0.3 is 10.6 Å². The highest BCUT2D eigenvalue weighted by Gasteiger charge is 2.23. The van der Waals surface area contributed by atoms with Crippen LogP contribution in [0.4, 0.5) is 0 Å². The molecule has 0 aromatic rings. The molecule has 1 unspecified atom stereocenters. The Hall–Kier alpha value is -1.06. The van der Waals surface area contributed by atoms with Crippen LogP contribution in [0, 0.1) is 11.8 Å². The molecule has 1 fully saturated rings. The van der Waals surface area contributed by atoms with Gasteiger partial charge in [0.25, 0.3) is 0 Å². The minimum atomic E-state index is -0.0325. The highest BCUT2D eigenvalue weighted by molar-refractivity contribution is 5.83. The van der Waals surface area contributed by atoms with Crippen molar-refractivity contribution in [2.24, 2.45) is 11.8 Å². The average Bonchev–Trinajstić information content (AvgIpc) is 2.18. The van der Waals surface area contributed by atoms with Crippen LogP contribution in [-0.2, 0) is 9.59 Å². The van der Waals surface area contributed by atoms with Crippen LogP contribution in [0.5, 0.6) is 0 Å². The topological polar surface area (TPSA) is 58.2 Å². The molecule has 0 aromatic carbocycles. The maximum atomic E-state index is 11.6. The van der Waals surface area contributed by atoms with Crippen LogP contribution in [0.2, 0.25) is 0 Å². The minimum absolute atomic E-state index is 0.0325. The van der Waals surface area contributed by atoms with Crippen LogP contribution >= 0.6 is 0 Å². The molecule has 1 aliphatic heterocycles. The monoisotopic (exact) mass is 212 g/mol. The van der Waals surface area contributed by atoms with Crippen LogP contribution in [0.25, 0.3) is 0 Å². The first-order valence-electron chi connectivity index (χ1n) is 5.64. The van der Waals surface area contributed by atoms with E-state index in [1.807, 2.05) is 0 Å². The molecule has 0 spiro atoms. The van der Waals surface area contributed by atoms with Gasteiger partial charge >= 0.3 is 0 Å². The van der Waals surface area contributed by atoms with E-state index >= 15 is 0 Å². The maximum Gasteiger partial charge on any atom is 0.224 e. The molecule has 1 rings (SSSR count). The van der Waals surface area contributed by atoms with E-state index in [9.17, 15) is 9.59 Å². The van der Waals surface area contributed by atoms with E-state index in [-0.39, 0.29) is 17.7 Å². The predicted octanol–water partition coefficient (Wildman–Crippen LogP) is 0.675. The number of hydrogen-bond donors (Lipinski definition) is 2. The fourth-order valence-electron chi connectivity index (χ4n) is 1.58. The van der Waals surface area contributed by atoms with Crippen LogP contribution in [0.3, 0.4) is 0 Å². The van der Waals surface area contributed by atoms with Crippen molar-refractivity contribution in [2.45, 2.75) is 33.1 Å². The zero-order valence-corrected chi connectivity index (χ0v) is 9.51. The summed E-state index contributed by atoms with van der Waals surface area (Å²) in [5, 5.41) is 5.62. The highest BCUT2D eigenvalue weighted by Crippen LogP contribution is 2.10. The quantitative estimate of drug-likeness (QED) is 0.719. The standard InChI is InChI=1S/C11H20N2O2/c1-8(2)5-6-12-11(15)9-3-4-10(14)13-7-9/h8-9H,3-7H2,1-2H3,(H,12,15)(H,13,14). The number of rotatable bonds is 4. The van der Waals surface area contributed by atoms with E-state index in [1.54, 1.807) is 0 Å². The summed E-state index contributed by atoms with van der Waals surface area (Å²) in [6.07, 6.45) is 2.16. The second-order valence-electron chi connectivity index (χ2n) is 4.51. The Balaban J connectivity index is 2.19. The largest absolute Gasteiger partial charge is 0.356 e. The lowest BCUT2D eigenvalue weighted by Gasteiger charge is -2.21. The zero-order chi connectivity index (χ0) is 11.3. The molecular weight excluding hydrogens is 192 g/mol. The number of hydrogen-bond acceptors (Lipinski definition) is 2. The Bertz CT molecular complexity index is 229. The van der Waals surface area contributed by atoms with E-state index in [0.717, 1.165) is 13.0 Å². The fourth-order valence-corrected chi connectivity index (χ4v) is 1.58. The molecule has 0 aromatic heterocycles. The molecule has 1 aliphatic rings. The van der Waals surface area contributed by atoms with Gasteiger partial charge in [0.2, 0.25) is 11.8 Å². The molecule has 4 nitrogen and oxygen atoms in total. The zero-order valence-electron chi connectivity index (χ0n) is 9.51. The molecule has 2 N–H and O–H groups in total. The van der Waals surface area contributed by atoms with Gasteiger partial charge in [0.05, 0.1) is 5.92 Å². The molecular formula is C11H20N2O2. The molecule has 15 heavy (non-hydrogen) atoms. The van der Waals surface area contributed by atoms with Crippen LogP contribution in [-0.4, -0.2) is 24.9 Å². The van der Waals surface area contributed by atoms with Gasteiger partial charge in [-0.25, -0.2) is 0 Å². The molecule has 2 amide bonds. The van der Waals surface area contributed by atoms with E-state index in [0.29, 0.717) is 25.3 Å². The molecule has 0 radical (unpaired) electrons. The summed E-state index contributed by atoms with van der Waals surface area (Å²) in [5.74, 6) is 0.711. The second-order valence-corrected chi connectivity index (χ2v) is 4.51. The van der Waals surface area contributed by atoms with Crippen molar-refractivity contribution in [3.8, 4) is 0 Å². The van der Waals surface area contributed by atoms with Gasteiger partial charge in [-0.05, 0) is 18.8 Å². The summed E-state index contributed by atoms with van der Waals surface area (Å²) in [7, 11) is 0. The van der Waals surface area contributed by atoms with Crippen molar-refractivity contribution in [1.82, 2.24) is 10.6 Å². The minimum Gasteiger partial charge on any atom is -0.356 e. The van der Waals surface area contributed by atoms with Crippen molar-refractivity contribution in [2.75, 3.05) is 13.1 Å². The summed E-state index contributed by atoms with van der Waals surface area (Å²) in [6, 6.07) is 0. The van der Waals surface area contributed by atoms with Gasteiger partial charge in [-0.1, -0.05) is 13.8 Å². The Kier molecular flexibility index (Phi) is 4.59. The number of nitrogens with one attached hydrogen (secondary N) is 2. The van der Waals surface area contributed by atoms with Crippen LogP contribution in [0.15, 0.2) is 0 Å². The highest BCUT2D eigenvalue weighted by atomic mass is 16.2. The SMILES string of the molecule is CC(C)CCNC(=O)C1CCC(=O)NC1. The number of amides is 2. The van der Waals surface area contributed by atoms with Crippen LogP contribution < -0.4 is 10.6 Å². The summed E-state index contributed by atoms with van der Waals surface area (Å²) in [4.78, 5) is 22.5. The van der Waals surface area contributed by atoms with Gasteiger partial charge in [-0.15, -0.1) is 0 Å². The number of carbonyl (C=O) groups excluding carboxylic acids is 2. The Morgan fingerprint density at radius 1 is 1.60 bits per heavy atom. The first-order valence-corrected chi connectivity index (χ1v) is 5.64. The molecule has 86 valence electrons. The first kappa shape index (κ1) is 12.0. The van der Waals surface area contributed by atoms with Crippen molar-refractivity contribution in [3.63, 3.8) is 0 Å². The fraction of sp³-hybridized carbons (Fsp3) is 0.818. The van der Waals surface area contributed by atoms with Crippen molar-refractivity contribution in [3.05, 3.63) is 0 Å². The Morgan fingerprint density at radius 3 is 2.87 bits per heavy atom. The first-order chi connectivity index (χ1) is 7.09. The van der Waals surface area contributed by atoms with Crippen molar-refractivity contribution >= 4 is 11.8 Å². The third-order valence-corrected chi connectivity index (χ3v) is 2.66.